The fraction of sp³-hybridized carbons (Fsp3) is 0.385. The van der Waals surface area contributed by atoms with Crippen LogP contribution in [0.4, 0.5) is 13.2 Å². The first kappa shape index (κ1) is 29.4. The number of piperidine rings is 1. The Morgan fingerprint density at radius 1 is 1.45 bits per heavy atom. The number of benzene rings is 1. The van der Waals surface area contributed by atoms with E-state index in [0.29, 0.717) is 48.7 Å². The van der Waals surface area contributed by atoms with E-state index in [1.54, 1.807) is 13.0 Å². The minimum absolute atomic E-state index is 0.0251. The molecule has 2 aromatic rings. The summed E-state index contributed by atoms with van der Waals surface area (Å²) in [5.74, 6) is -0.877. The van der Waals surface area contributed by atoms with Crippen LogP contribution < -0.4 is 5.32 Å². The maximum atomic E-state index is 14.2. The number of hydrogen-bond acceptors (Lipinski definition) is 7. The molecule has 1 aliphatic rings. The second-order valence-corrected chi connectivity index (χ2v) is 9.96. The van der Waals surface area contributed by atoms with Crippen LogP contribution in [0.2, 0.25) is 5.02 Å². The Bertz CT molecular complexity index is 1220. The summed E-state index contributed by atoms with van der Waals surface area (Å²) in [6.45, 7) is 6.56. The fourth-order valence-corrected chi connectivity index (χ4v) is 5.34. The molecule has 0 spiro atoms. The number of rotatable bonds is 11. The number of ether oxygens (including phenoxy) is 1. The summed E-state index contributed by atoms with van der Waals surface area (Å²) < 4.78 is 47.4. The number of thiazole rings is 1. The van der Waals surface area contributed by atoms with Crippen molar-refractivity contribution in [1.29, 1.82) is 5.26 Å². The number of aliphatic imine (C=N–C) groups is 1. The minimum Gasteiger partial charge on any atom is -0.492 e. The van der Waals surface area contributed by atoms with E-state index in [2.05, 4.69) is 22.0 Å². The van der Waals surface area contributed by atoms with E-state index in [-0.39, 0.29) is 28.7 Å². The van der Waals surface area contributed by atoms with Crippen LogP contribution in [0.3, 0.4) is 0 Å². The maximum Gasteiger partial charge on any atom is 0.281 e. The van der Waals surface area contributed by atoms with Gasteiger partial charge in [0.25, 0.3) is 12.3 Å². The molecule has 1 unspecified atom stereocenters. The summed E-state index contributed by atoms with van der Waals surface area (Å²) in [6, 6.07) is 5.38. The first-order valence-corrected chi connectivity index (χ1v) is 13.1. The zero-order chi connectivity index (χ0) is 27.7. The van der Waals surface area contributed by atoms with Gasteiger partial charge in [0.05, 0.1) is 45.9 Å². The summed E-state index contributed by atoms with van der Waals surface area (Å²) in [4.78, 5) is 22.7. The highest BCUT2D eigenvalue weighted by Gasteiger charge is 2.32. The van der Waals surface area contributed by atoms with Gasteiger partial charge in [-0.3, -0.25) is 14.7 Å². The number of carbonyl (C=O) groups is 1. The molecule has 0 saturated carbocycles. The quantitative estimate of drug-likeness (QED) is 0.154. The summed E-state index contributed by atoms with van der Waals surface area (Å²) in [5, 5.41) is 11.6. The number of amides is 1. The second-order valence-electron chi connectivity index (χ2n) is 8.67. The van der Waals surface area contributed by atoms with Gasteiger partial charge < -0.3 is 10.1 Å². The summed E-state index contributed by atoms with van der Waals surface area (Å²) >= 11 is 7.11. The molecule has 0 aliphatic carbocycles. The van der Waals surface area contributed by atoms with E-state index in [0.717, 1.165) is 17.4 Å². The van der Waals surface area contributed by atoms with Crippen LogP contribution in [0.1, 0.15) is 53.2 Å². The number of halogens is 4. The van der Waals surface area contributed by atoms with Crippen molar-refractivity contribution in [2.75, 3.05) is 26.2 Å². The molecule has 0 bridgehead atoms. The molecule has 1 amide bonds. The largest absolute Gasteiger partial charge is 0.492 e. The number of allylic oxidation sites excluding steroid dienone is 2. The molecule has 1 atom stereocenters. The van der Waals surface area contributed by atoms with Gasteiger partial charge in [0, 0.05) is 12.1 Å². The molecule has 38 heavy (non-hydrogen) atoms. The zero-order valence-corrected chi connectivity index (χ0v) is 22.2. The van der Waals surface area contributed by atoms with Crippen molar-refractivity contribution in [2.45, 2.75) is 32.2 Å². The predicted octanol–water partition coefficient (Wildman–Crippen LogP) is 6.08. The van der Waals surface area contributed by atoms with E-state index in [9.17, 15) is 18.0 Å². The number of carbonyl (C=O) groups excluding carboxylic acids is 1. The first-order chi connectivity index (χ1) is 18.2. The molecule has 1 fully saturated rings. The summed E-state index contributed by atoms with van der Waals surface area (Å²) in [7, 11) is 0. The van der Waals surface area contributed by atoms with Crippen LogP contribution in [-0.2, 0) is 4.74 Å². The average Bonchev–Trinajstić information content (AvgIpc) is 3.38. The smallest absolute Gasteiger partial charge is 0.281 e. The molecule has 1 saturated heterocycles. The Balaban J connectivity index is 1.70. The number of likely N-dealkylation sites (tertiary alicyclic amines) is 1. The van der Waals surface area contributed by atoms with Crippen molar-refractivity contribution in [1.82, 2.24) is 15.2 Å². The Labute approximate surface area is 228 Å². The van der Waals surface area contributed by atoms with Crippen LogP contribution in [0.5, 0.6) is 0 Å². The van der Waals surface area contributed by atoms with Gasteiger partial charge in [0.15, 0.2) is 0 Å². The topological polar surface area (TPSA) is 90.6 Å². The highest BCUT2D eigenvalue weighted by Crippen LogP contribution is 2.35. The van der Waals surface area contributed by atoms with Crippen LogP contribution in [-0.4, -0.2) is 48.7 Å². The number of nitrogens with one attached hydrogen (secondary N) is 1. The lowest BCUT2D eigenvalue weighted by molar-refractivity contribution is 0.0798. The van der Waals surface area contributed by atoms with Gasteiger partial charge in [0.1, 0.15) is 17.3 Å². The zero-order valence-electron chi connectivity index (χ0n) is 20.7. The van der Waals surface area contributed by atoms with Crippen molar-refractivity contribution in [3.63, 3.8) is 0 Å². The molecule has 1 aliphatic heterocycles. The number of nitriles is 1. The van der Waals surface area contributed by atoms with Gasteiger partial charge in [-0.05, 0) is 63.7 Å². The van der Waals surface area contributed by atoms with Crippen LogP contribution in [0, 0.1) is 23.1 Å². The van der Waals surface area contributed by atoms with Crippen molar-refractivity contribution >= 4 is 35.6 Å². The van der Waals surface area contributed by atoms with Gasteiger partial charge in [-0.25, -0.2) is 18.2 Å². The maximum absolute atomic E-state index is 14.2. The van der Waals surface area contributed by atoms with Crippen molar-refractivity contribution in [3.05, 3.63) is 74.3 Å². The lowest BCUT2D eigenvalue weighted by Gasteiger charge is -2.37. The van der Waals surface area contributed by atoms with Gasteiger partial charge in [0.2, 0.25) is 0 Å². The molecule has 2 heterocycles. The van der Waals surface area contributed by atoms with Gasteiger partial charge >= 0.3 is 0 Å². The Morgan fingerprint density at radius 2 is 2.18 bits per heavy atom. The van der Waals surface area contributed by atoms with E-state index in [1.807, 2.05) is 11.0 Å². The van der Waals surface area contributed by atoms with E-state index in [4.69, 9.17) is 21.6 Å². The monoisotopic (exact) mass is 565 g/mol. The molecule has 1 aromatic heterocycles. The van der Waals surface area contributed by atoms with E-state index >= 15 is 0 Å². The molecular formula is C26H27ClF3N5O2S. The normalized spacial score (nSPS) is 16.2. The van der Waals surface area contributed by atoms with Crippen LogP contribution >= 0.6 is 22.9 Å². The Hall–Kier alpha value is -3.20. The average molecular weight is 566 g/mol. The summed E-state index contributed by atoms with van der Waals surface area (Å²) in [5.41, 5.74) is 1.21. The third-order valence-electron chi connectivity index (χ3n) is 6.11. The van der Waals surface area contributed by atoms with Crippen LogP contribution in [0.25, 0.3) is 0 Å². The molecule has 7 nitrogen and oxygen atoms in total. The molecule has 0 radical (unpaired) electrons. The highest BCUT2D eigenvalue weighted by molar-refractivity contribution is 7.09. The van der Waals surface area contributed by atoms with E-state index < -0.39 is 24.2 Å². The van der Waals surface area contributed by atoms with Crippen molar-refractivity contribution in [2.24, 2.45) is 10.9 Å². The third-order valence-corrected chi connectivity index (χ3v) is 7.37. The Kier molecular flexibility index (Phi) is 10.9. The van der Waals surface area contributed by atoms with Crippen molar-refractivity contribution in [3.8, 4) is 6.07 Å². The fourth-order valence-electron chi connectivity index (χ4n) is 4.15. The molecule has 1 N–H and O–H groups in total. The number of aromatic nitrogens is 1. The molecule has 1 aromatic carbocycles. The molecular weight excluding hydrogens is 539 g/mol. The molecule has 12 heteroatoms. The highest BCUT2D eigenvalue weighted by atomic mass is 35.5. The van der Waals surface area contributed by atoms with Gasteiger partial charge in [-0.2, -0.15) is 5.26 Å². The number of nitrogens with zero attached hydrogens (tertiary/aromatic N) is 4. The standard InChI is InChI=1S/C26H27ClF3N5O2S/c1-16(11-31)10-18(12-32-2)37-14-17-6-8-35(9-7-17)21(24-23(25(29)30)34-15-38-24)13-33-26(36)22-19(27)4-3-5-20(22)28/h3-5,10,12,15,17,21,25H,2,6-9,13-14H2,1H3,(H,33,36)/b16-10+,18-12+. The number of hydrogen-bond donors (Lipinski definition) is 1. The molecule has 3 rings (SSSR count). The van der Waals surface area contributed by atoms with E-state index in [1.165, 1.54) is 23.8 Å². The summed E-state index contributed by atoms with van der Waals surface area (Å²) in [6.07, 6.45) is 1.67. The van der Waals surface area contributed by atoms with Crippen LogP contribution in [0.15, 0.2) is 52.3 Å². The van der Waals surface area contributed by atoms with Gasteiger partial charge in [-0.1, -0.05) is 17.7 Å². The lowest BCUT2D eigenvalue weighted by atomic mass is 9.96. The SMILES string of the molecule is C=N/C=C(\C=C(/C)C#N)OCC1CCN(C(CNC(=O)c2c(F)cccc2Cl)c2scnc2C(F)F)CC1. The number of alkyl halides is 2. The minimum atomic E-state index is -2.77. The van der Waals surface area contributed by atoms with Gasteiger partial charge in [-0.15, -0.1) is 11.3 Å². The predicted molar refractivity (Wildman–Crippen MR) is 141 cm³/mol. The second kappa shape index (κ2) is 14.1. The third kappa shape index (κ3) is 7.66. The molecule has 202 valence electrons. The van der Waals surface area contributed by atoms with Crippen molar-refractivity contribution < 1.29 is 22.7 Å². The Morgan fingerprint density at radius 3 is 2.82 bits per heavy atom. The first-order valence-electron chi connectivity index (χ1n) is 11.8. The lowest BCUT2D eigenvalue weighted by Crippen LogP contribution is -2.43.